The summed E-state index contributed by atoms with van der Waals surface area (Å²) in [6, 6.07) is 9.73. The highest BCUT2D eigenvalue weighted by atomic mass is 16.6. The van der Waals surface area contributed by atoms with Crippen molar-refractivity contribution in [2.24, 2.45) is 0 Å². The minimum Gasteiger partial charge on any atom is -0.444 e. The van der Waals surface area contributed by atoms with E-state index in [0.717, 1.165) is 5.56 Å². The summed E-state index contributed by atoms with van der Waals surface area (Å²) >= 11 is 0. The van der Waals surface area contributed by atoms with Crippen LogP contribution in [-0.2, 0) is 11.3 Å². The maximum atomic E-state index is 12.4. The Morgan fingerprint density at radius 3 is 2.20 bits per heavy atom. The van der Waals surface area contributed by atoms with Crippen molar-refractivity contribution in [3.05, 3.63) is 35.9 Å². The van der Waals surface area contributed by atoms with Gasteiger partial charge in [-0.25, -0.2) is 4.79 Å². The zero-order chi connectivity index (χ0) is 15.4. The number of carbonyl (C=O) groups excluding carboxylic acids is 1. The van der Waals surface area contributed by atoms with Gasteiger partial charge >= 0.3 is 6.09 Å². The predicted molar refractivity (Wildman–Crippen MR) is 81.1 cm³/mol. The molecule has 3 nitrogen and oxygen atoms in total. The molecule has 0 aliphatic heterocycles. The maximum Gasteiger partial charge on any atom is 0.411 e. The van der Waals surface area contributed by atoms with Crippen molar-refractivity contribution in [1.82, 2.24) is 4.90 Å². The SMILES string of the molecule is C#CC(C)(C)N(Cc1ccccc1)C(=O)OC(C)(C)C. The van der Waals surface area contributed by atoms with Crippen LogP contribution in [0.3, 0.4) is 0 Å². The molecule has 0 bridgehead atoms. The molecule has 108 valence electrons. The monoisotopic (exact) mass is 273 g/mol. The zero-order valence-electron chi connectivity index (χ0n) is 12.9. The summed E-state index contributed by atoms with van der Waals surface area (Å²) in [5, 5.41) is 0. The first-order valence-corrected chi connectivity index (χ1v) is 6.68. The third kappa shape index (κ3) is 4.62. The molecule has 1 amide bonds. The molecule has 0 atom stereocenters. The van der Waals surface area contributed by atoms with Crippen LogP contribution in [0, 0.1) is 12.3 Å². The Labute approximate surface area is 121 Å². The Kier molecular flexibility index (Phi) is 4.83. The third-order valence-corrected chi connectivity index (χ3v) is 2.83. The van der Waals surface area contributed by atoms with Gasteiger partial charge in [0.25, 0.3) is 0 Å². The van der Waals surface area contributed by atoms with Crippen LogP contribution < -0.4 is 0 Å². The molecule has 0 radical (unpaired) electrons. The van der Waals surface area contributed by atoms with Gasteiger partial charge in [0.2, 0.25) is 0 Å². The van der Waals surface area contributed by atoms with Crippen molar-refractivity contribution in [3.8, 4) is 12.3 Å². The van der Waals surface area contributed by atoms with E-state index in [4.69, 9.17) is 11.2 Å². The molecule has 0 aromatic heterocycles. The molecular formula is C17H23NO2. The van der Waals surface area contributed by atoms with E-state index in [9.17, 15) is 4.79 Å². The van der Waals surface area contributed by atoms with Crippen LogP contribution in [0.2, 0.25) is 0 Å². The Bertz CT molecular complexity index is 492. The molecule has 20 heavy (non-hydrogen) atoms. The van der Waals surface area contributed by atoms with Crippen molar-refractivity contribution in [1.29, 1.82) is 0 Å². The lowest BCUT2D eigenvalue weighted by molar-refractivity contribution is 0.00948. The van der Waals surface area contributed by atoms with E-state index in [1.165, 1.54) is 0 Å². The molecule has 0 saturated carbocycles. The normalized spacial score (nSPS) is 11.6. The second kappa shape index (κ2) is 6.00. The standard InChI is InChI=1S/C17H23NO2/c1-7-17(5,6)18(15(19)20-16(2,3)4)13-14-11-9-8-10-12-14/h1,8-12H,13H2,2-6H3. The number of ether oxygens (including phenoxy) is 1. The highest BCUT2D eigenvalue weighted by molar-refractivity contribution is 5.70. The molecular weight excluding hydrogens is 250 g/mol. The van der Waals surface area contributed by atoms with Crippen molar-refractivity contribution >= 4 is 6.09 Å². The van der Waals surface area contributed by atoms with Gasteiger partial charge in [-0.2, -0.15) is 0 Å². The summed E-state index contributed by atoms with van der Waals surface area (Å²) in [5.74, 6) is 2.65. The summed E-state index contributed by atoms with van der Waals surface area (Å²) in [5.41, 5.74) is -0.240. The quantitative estimate of drug-likeness (QED) is 0.783. The van der Waals surface area contributed by atoms with Gasteiger partial charge in [0, 0.05) is 0 Å². The van der Waals surface area contributed by atoms with Crippen LogP contribution >= 0.6 is 0 Å². The molecule has 0 N–H and O–H groups in total. The van der Waals surface area contributed by atoms with Crippen LogP contribution in [0.1, 0.15) is 40.2 Å². The summed E-state index contributed by atoms with van der Waals surface area (Å²) in [7, 11) is 0. The van der Waals surface area contributed by atoms with Gasteiger partial charge in [-0.1, -0.05) is 36.3 Å². The van der Waals surface area contributed by atoms with Gasteiger partial charge in [0.1, 0.15) is 11.1 Å². The lowest BCUT2D eigenvalue weighted by Gasteiger charge is -2.36. The Hall–Kier alpha value is -1.95. The van der Waals surface area contributed by atoms with Crippen molar-refractivity contribution in [2.45, 2.75) is 52.3 Å². The average molecular weight is 273 g/mol. The number of nitrogens with zero attached hydrogens (tertiary/aromatic N) is 1. The van der Waals surface area contributed by atoms with E-state index in [1.807, 2.05) is 65.0 Å². The van der Waals surface area contributed by atoms with Crippen LogP contribution in [0.15, 0.2) is 30.3 Å². The van der Waals surface area contributed by atoms with Crippen molar-refractivity contribution < 1.29 is 9.53 Å². The topological polar surface area (TPSA) is 29.5 Å². The lowest BCUT2D eigenvalue weighted by Crippen LogP contribution is -2.48. The molecule has 0 aliphatic carbocycles. The number of carbonyl (C=O) groups is 1. The Morgan fingerprint density at radius 2 is 1.75 bits per heavy atom. The molecule has 1 rings (SSSR count). The van der Waals surface area contributed by atoms with Gasteiger partial charge in [0.15, 0.2) is 0 Å². The Morgan fingerprint density at radius 1 is 1.20 bits per heavy atom. The molecule has 1 aromatic carbocycles. The minimum atomic E-state index is -0.710. The van der Waals surface area contributed by atoms with E-state index >= 15 is 0 Å². The third-order valence-electron chi connectivity index (χ3n) is 2.83. The largest absolute Gasteiger partial charge is 0.444 e. The highest BCUT2D eigenvalue weighted by Crippen LogP contribution is 2.21. The fourth-order valence-electron chi connectivity index (χ4n) is 1.65. The van der Waals surface area contributed by atoms with E-state index in [2.05, 4.69) is 5.92 Å². The first-order valence-electron chi connectivity index (χ1n) is 6.68. The van der Waals surface area contributed by atoms with Crippen LogP contribution in [0.4, 0.5) is 4.79 Å². The van der Waals surface area contributed by atoms with Gasteiger partial charge in [0.05, 0.1) is 6.54 Å². The van der Waals surface area contributed by atoms with Crippen molar-refractivity contribution in [2.75, 3.05) is 0 Å². The maximum absolute atomic E-state index is 12.4. The second-order valence-corrected chi connectivity index (χ2v) is 6.26. The van der Waals surface area contributed by atoms with Crippen LogP contribution in [-0.4, -0.2) is 22.1 Å². The lowest BCUT2D eigenvalue weighted by atomic mass is 10.0. The Balaban J connectivity index is 2.99. The smallest absolute Gasteiger partial charge is 0.411 e. The van der Waals surface area contributed by atoms with E-state index in [-0.39, 0.29) is 0 Å². The summed E-state index contributed by atoms with van der Waals surface area (Å²) < 4.78 is 5.45. The molecule has 0 heterocycles. The summed E-state index contributed by atoms with van der Waals surface area (Å²) in [6.45, 7) is 9.62. The van der Waals surface area contributed by atoms with E-state index in [1.54, 1.807) is 4.90 Å². The highest BCUT2D eigenvalue weighted by Gasteiger charge is 2.32. The second-order valence-electron chi connectivity index (χ2n) is 6.26. The minimum absolute atomic E-state index is 0.399. The number of hydrogen-bond donors (Lipinski definition) is 0. The number of benzene rings is 1. The molecule has 0 saturated heterocycles. The number of hydrogen-bond acceptors (Lipinski definition) is 2. The average Bonchev–Trinajstić information content (AvgIpc) is 2.35. The molecule has 0 fully saturated rings. The molecule has 0 spiro atoms. The zero-order valence-corrected chi connectivity index (χ0v) is 12.9. The molecule has 3 heteroatoms. The summed E-state index contributed by atoms with van der Waals surface area (Å²) in [6.07, 6.45) is 5.16. The molecule has 0 aliphatic rings. The van der Waals surface area contributed by atoms with Gasteiger partial charge in [-0.3, -0.25) is 4.90 Å². The van der Waals surface area contributed by atoms with E-state index in [0.29, 0.717) is 6.54 Å². The van der Waals surface area contributed by atoms with Crippen LogP contribution in [0.5, 0.6) is 0 Å². The number of terminal acetylenes is 1. The first-order chi connectivity index (χ1) is 9.15. The summed E-state index contributed by atoms with van der Waals surface area (Å²) in [4.78, 5) is 14.0. The number of rotatable bonds is 3. The van der Waals surface area contributed by atoms with Gasteiger partial charge in [-0.05, 0) is 40.2 Å². The van der Waals surface area contributed by atoms with Gasteiger partial charge < -0.3 is 4.74 Å². The van der Waals surface area contributed by atoms with Crippen LogP contribution in [0.25, 0.3) is 0 Å². The molecule has 0 unspecified atom stereocenters. The predicted octanol–water partition coefficient (Wildman–Crippen LogP) is 3.84. The van der Waals surface area contributed by atoms with Crippen molar-refractivity contribution in [3.63, 3.8) is 0 Å². The number of amides is 1. The van der Waals surface area contributed by atoms with E-state index < -0.39 is 17.2 Å². The fraction of sp³-hybridized carbons (Fsp3) is 0.471. The first kappa shape index (κ1) is 16.1. The fourth-order valence-corrected chi connectivity index (χ4v) is 1.65. The van der Waals surface area contributed by atoms with Gasteiger partial charge in [-0.15, -0.1) is 6.42 Å². The molecule has 1 aromatic rings.